The molecule has 0 bridgehead atoms. The van der Waals surface area contributed by atoms with Gasteiger partial charge in [0.05, 0.1) is 24.3 Å². The van der Waals surface area contributed by atoms with Gasteiger partial charge in [0, 0.05) is 30.6 Å². The number of ether oxygens (including phenoxy) is 2. The van der Waals surface area contributed by atoms with Crippen LogP contribution in [0.5, 0.6) is 0 Å². The van der Waals surface area contributed by atoms with E-state index in [-0.39, 0.29) is 24.5 Å². The third-order valence-corrected chi connectivity index (χ3v) is 4.23. The molecule has 0 atom stereocenters. The molecule has 0 amide bonds. The van der Waals surface area contributed by atoms with E-state index in [1.54, 1.807) is 13.8 Å². The molecule has 1 heterocycles. The Morgan fingerprint density at radius 1 is 1.00 bits per heavy atom. The minimum absolute atomic E-state index is 0.126. The summed E-state index contributed by atoms with van der Waals surface area (Å²) in [5.41, 5.74) is 2.05. The zero-order chi connectivity index (χ0) is 18.8. The topological polar surface area (TPSA) is 71.6 Å². The molecule has 3 rings (SSSR count). The Balaban J connectivity index is 2.39. The third-order valence-electron chi connectivity index (χ3n) is 4.23. The zero-order valence-electron chi connectivity index (χ0n) is 15.4. The number of fused-ring (bicyclic) bond motifs is 3. The number of anilines is 1. The number of aromatic amines is 1. The summed E-state index contributed by atoms with van der Waals surface area (Å²) in [5, 5.41) is 2.60. The number of nitrogens with one attached hydrogen (secondary N) is 1. The van der Waals surface area contributed by atoms with Crippen molar-refractivity contribution in [2.45, 2.75) is 13.8 Å². The molecule has 6 heteroatoms. The van der Waals surface area contributed by atoms with Crippen molar-refractivity contribution in [3.63, 3.8) is 0 Å². The normalized spacial score (nSPS) is 10.9. The molecule has 0 aliphatic heterocycles. The molecule has 136 valence electrons. The lowest BCUT2D eigenvalue weighted by molar-refractivity contribution is 0.0477. The van der Waals surface area contributed by atoms with Crippen LogP contribution in [0.3, 0.4) is 0 Å². The van der Waals surface area contributed by atoms with Crippen molar-refractivity contribution in [1.29, 1.82) is 0 Å². The lowest BCUT2D eigenvalue weighted by Crippen LogP contribution is -2.13. The largest absolute Gasteiger partial charge is 0.462 e. The standard InChI is InChI=1S/C20H22N2O4/c1-5-25-19(23)16-13-11-10-12-8-7-9-14(22(3)4)15(12)17(13)21-18(16)20(24)26-6-2/h7-11,21H,5-6H2,1-4H3. The van der Waals surface area contributed by atoms with Crippen molar-refractivity contribution in [2.24, 2.45) is 0 Å². The number of aromatic nitrogens is 1. The summed E-state index contributed by atoms with van der Waals surface area (Å²) in [4.78, 5) is 30.1. The van der Waals surface area contributed by atoms with Gasteiger partial charge in [0.15, 0.2) is 0 Å². The lowest BCUT2D eigenvalue weighted by atomic mass is 10.0. The monoisotopic (exact) mass is 354 g/mol. The summed E-state index contributed by atoms with van der Waals surface area (Å²) in [6.45, 7) is 3.91. The van der Waals surface area contributed by atoms with E-state index in [0.29, 0.717) is 5.39 Å². The van der Waals surface area contributed by atoms with E-state index in [9.17, 15) is 9.59 Å². The second-order valence-electron chi connectivity index (χ2n) is 6.07. The van der Waals surface area contributed by atoms with E-state index in [4.69, 9.17) is 9.47 Å². The molecule has 0 unspecified atom stereocenters. The van der Waals surface area contributed by atoms with Gasteiger partial charge in [-0.1, -0.05) is 24.3 Å². The number of H-pyrrole nitrogens is 1. The van der Waals surface area contributed by atoms with Crippen LogP contribution >= 0.6 is 0 Å². The summed E-state index contributed by atoms with van der Waals surface area (Å²) in [6.07, 6.45) is 0. The Kier molecular flexibility index (Phi) is 4.84. The summed E-state index contributed by atoms with van der Waals surface area (Å²) >= 11 is 0. The Bertz CT molecular complexity index is 988. The van der Waals surface area contributed by atoms with Crippen molar-refractivity contribution >= 4 is 39.3 Å². The molecule has 1 N–H and O–H groups in total. The van der Waals surface area contributed by atoms with E-state index in [1.807, 2.05) is 49.3 Å². The predicted octanol–water partition coefficient (Wildman–Crippen LogP) is 3.74. The molecule has 1 aromatic heterocycles. The molecule has 0 saturated heterocycles. The highest BCUT2D eigenvalue weighted by atomic mass is 16.5. The molecule has 0 aliphatic rings. The number of hydrogen-bond donors (Lipinski definition) is 1. The second kappa shape index (κ2) is 7.07. The number of rotatable bonds is 5. The molecule has 0 aliphatic carbocycles. The average molecular weight is 354 g/mol. The molecular weight excluding hydrogens is 332 g/mol. The van der Waals surface area contributed by atoms with Gasteiger partial charge in [-0.2, -0.15) is 0 Å². The van der Waals surface area contributed by atoms with Gasteiger partial charge in [-0.3, -0.25) is 0 Å². The van der Waals surface area contributed by atoms with Gasteiger partial charge in [-0.15, -0.1) is 0 Å². The van der Waals surface area contributed by atoms with Crippen molar-refractivity contribution in [2.75, 3.05) is 32.2 Å². The number of carbonyl (C=O) groups is 2. The van der Waals surface area contributed by atoms with Crippen LogP contribution < -0.4 is 4.90 Å². The third kappa shape index (κ3) is 2.87. The highest BCUT2D eigenvalue weighted by Gasteiger charge is 2.26. The summed E-state index contributed by atoms with van der Waals surface area (Å²) < 4.78 is 10.3. The van der Waals surface area contributed by atoms with Crippen LogP contribution in [-0.4, -0.2) is 44.2 Å². The number of nitrogens with zero attached hydrogens (tertiary/aromatic N) is 1. The smallest absolute Gasteiger partial charge is 0.355 e. The highest BCUT2D eigenvalue weighted by molar-refractivity contribution is 6.20. The summed E-state index contributed by atoms with van der Waals surface area (Å²) in [6, 6.07) is 9.75. The van der Waals surface area contributed by atoms with Gasteiger partial charge in [-0.05, 0) is 25.3 Å². The van der Waals surface area contributed by atoms with Crippen LogP contribution in [0.25, 0.3) is 21.7 Å². The molecule has 3 aromatic rings. The zero-order valence-corrected chi connectivity index (χ0v) is 15.4. The first-order valence-electron chi connectivity index (χ1n) is 8.58. The first-order valence-corrected chi connectivity index (χ1v) is 8.58. The molecule has 2 aromatic carbocycles. The fourth-order valence-corrected chi connectivity index (χ4v) is 3.16. The fraction of sp³-hybridized carbons (Fsp3) is 0.300. The van der Waals surface area contributed by atoms with E-state index < -0.39 is 11.9 Å². The van der Waals surface area contributed by atoms with Crippen molar-refractivity contribution in [3.8, 4) is 0 Å². The van der Waals surface area contributed by atoms with Crippen LogP contribution in [0.4, 0.5) is 5.69 Å². The maximum Gasteiger partial charge on any atom is 0.355 e. The van der Waals surface area contributed by atoms with Crippen LogP contribution in [0, 0.1) is 0 Å². The molecular formula is C20H22N2O4. The number of carbonyl (C=O) groups excluding carboxylic acids is 2. The lowest BCUT2D eigenvalue weighted by Gasteiger charge is -2.16. The van der Waals surface area contributed by atoms with Gasteiger partial charge in [-0.25, -0.2) is 9.59 Å². The molecule has 26 heavy (non-hydrogen) atoms. The van der Waals surface area contributed by atoms with Gasteiger partial charge in [0.1, 0.15) is 5.69 Å². The van der Waals surface area contributed by atoms with E-state index in [1.165, 1.54) is 0 Å². The first-order chi connectivity index (χ1) is 12.5. The van der Waals surface area contributed by atoms with E-state index in [2.05, 4.69) is 4.98 Å². The van der Waals surface area contributed by atoms with Crippen LogP contribution in [0.1, 0.15) is 34.7 Å². The Morgan fingerprint density at radius 2 is 1.69 bits per heavy atom. The molecule has 0 spiro atoms. The predicted molar refractivity (Wildman–Crippen MR) is 102 cm³/mol. The minimum atomic E-state index is -0.567. The fourth-order valence-electron chi connectivity index (χ4n) is 3.16. The summed E-state index contributed by atoms with van der Waals surface area (Å²) in [7, 11) is 3.91. The van der Waals surface area contributed by atoms with Gasteiger partial charge in [0.25, 0.3) is 0 Å². The van der Waals surface area contributed by atoms with E-state index in [0.717, 1.165) is 22.0 Å². The SMILES string of the molecule is CCOC(=O)c1[nH]c2c(ccc3cccc(N(C)C)c32)c1C(=O)OCC. The number of benzene rings is 2. The Hall–Kier alpha value is -3.02. The van der Waals surface area contributed by atoms with Crippen molar-refractivity contribution in [1.82, 2.24) is 4.98 Å². The maximum atomic E-state index is 12.5. The van der Waals surface area contributed by atoms with Gasteiger partial charge < -0.3 is 19.4 Å². The number of esters is 2. The van der Waals surface area contributed by atoms with E-state index >= 15 is 0 Å². The molecule has 6 nitrogen and oxygen atoms in total. The second-order valence-corrected chi connectivity index (χ2v) is 6.07. The van der Waals surface area contributed by atoms with Crippen LogP contribution in [0.2, 0.25) is 0 Å². The molecule has 0 saturated carbocycles. The molecule has 0 radical (unpaired) electrons. The molecule has 0 fully saturated rings. The highest BCUT2D eigenvalue weighted by Crippen LogP contribution is 2.35. The van der Waals surface area contributed by atoms with Gasteiger partial charge >= 0.3 is 11.9 Å². The number of hydrogen-bond acceptors (Lipinski definition) is 5. The average Bonchev–Trinajstić information content (AvgIpc) is 3.01. The van der Waals surface area contributed by atoms with Gasteiger partial charge in [0.2, 0.25) is 0 Å². The Labute approximate surface area is 151 Å². The summed E-state index contributed by atoms with van der Waals surface area (Å²) in [5.74, 6) is -1.11. The minimum Gasteiger partial charge on any atom is -0.462 e. The Morgan fingerprint density at radius 3 is 2.35 bits per heavy atom. The van der Waals surface area contributed by atoms with Crippen molar-refractivity contribution < 1.29 is 19.1 Å². The quantitative estimate of drug-likeness (QED) is 0.707. The van der Waals surface area contributed by atoms with Crippen LogP contribution in [0.15, 0.2) is 30.3 Å². The first kappa shape index (κ1) is 17.8. The van der Waals surface area contributed by atoms with Crippen LogP contribution in [-0.2, 0) is 9.47 Å². The maximum absolute atomic E-state index is 12.5. The van der Waals surface area contributed by atoms with Crippen molar-refractivity contribution in [3.05, 3.63) is 41.6 Å².